The third-order valence-electron chi connectivity index (χ3n) is 3.85. The van der Waals surface area contributed by atoms with Gasteiger partial charge in [-0.25, -0.2) is 0 Å². The summed E-state index contributed by atoms with van der Waals surface area (Å²) in [6, 6.07) is 15.3. The van der Waals surface area contributed by atoms with Gasteiger partial charge in [-0.3, -0.25) is 9.59 Å². The van der Waals surface area contributed by atoms with E-state index in [0.717, 1.165) is 10.6 Å². The zero-order valence-electron chi connectivity index (χ0n) is 16.0. The zero-order chi connectivity index (χ0) is 19.9. The van der Waals surface area contributed by atoms with Gasteiger partial charge in [-0.1, -0.05) is 45.0 Å². The van der Waals surface area contributed by atoms with Crippen LogP contribution in [0.25, 0.3) is 0 Å². The first kappa shape index (κ1) is 20.8. The highest BCUT2D eigenvalue weighted by Crippen LogP contribution is 2.27. The molecule has 0 aliphatic heterocycles. The molecule has 27 heavy (non-hydrogen) atoms. The van der Waals surface area contributed by atoms with E-state index in [9.17, 15) is 9.59 Å². The summed E-state index contributed by atoms with van der Waals surface area (Å²) in [5.74, 6) is 0.370. The monoisotopic (exact) mass is 386 g/mol. The van der Waals surface area contributed by atoms with Gasteiger partial charge < -0.3 is 15.8 Å². The Hall–Kier alpha value is -2.47. The lowest BCUT2D eigenvalue weighted by molar-refractivity contribution is -0.117. The Morgan fingerprint density at radius 1 is 1.07 bits per heavy atom. The summed E-state index contributed by atoms with van der Waals surface area (Å²) in [5, 5.41) is 2.86. The molecule has 0 radical (unpaired) electrons. The topological polar surface area (TPSA) is 81.4 Å². The Balaban J connectivity index is 1.84. The van der Waals surface area contributed by atoms with E-state index in [1.54, 1.807) is 6.07 Å². The van der Waals surface area contributed by atoms with Crippen molar-refractivity contribution in [1.82, 2.24) is 0 Å². The number of para-hydroxylation sites is 1. The number of primary amides is 1. The summed E-state index contributed by atoms with van der Waals surface area (Å²) >= 11 is 1.30. The fourth-order valence-electron chi connectivity index (χ4n) is 2.37. The van der Waals surface area contributed by atoms with E-state index in [1.807, 2.05) is 42.5 Å². The summed E-state index contributed by atoms with van der Waals surface area (Å²) in [4.78, 5) is 24.0. The third kappa shape index (κ3) is 6.98. The van der Waals surface area contributed by atoms with Gasteiger partial charge in [-0.2, -0.15) is 0 Å². The molecule has 2 aromatic carbocycles. The maximum atomic E-state index is 12.2. The van der Waals surface area contributed by atoms with Crippen LogP contribution in [0.5, 0.6) is 5.75 Å². The first-order valence-electron chi connectivity index (χ1n) is 8.79. The highest BCUT2D eigenvalue weighted by molar-refractivity contribution is 8.00. The van der Waals surface area contributed by atoms with Crippen LogP contribution in [0.1, 0.15) is 32.8 Å². The molecule has 0 heterocycles. The van der Waals surface area contributed by atoms with Gasteiger partial charge in [0.1, 0.15) is 5.75 Å². The van der Waals surface area contributed by atoms with Crippen LogP contribution in [0, 0.1) is 0 Å². The molecular weight excluding hydrogens is 360 g/mol. The minimum Gasteiger partial charge on any atom is -0.493 e. The van der Waals surface area contributed by atoms with Crippen molar-refractivity contribution in [3.8, 4) is 5.75 Å². The number of nitrogens with two attached hydrogens (primary N) is 1. The number of thioether (sulfide) groups is 1. The molecule has 0 saturated heterocycles. The summed E-state index contributed by atoms with van der Waals surface area (Å²) in [7, 11) is 0. The molecule has 0 atom stereocenters. The second-order valence-corrected chi connectivity index (χ2v) is 8.19. The van der Waals surface area contributed by atoms with Crippen LogP contribution in [0.15, 0.2) is 53.4 Å². The van der Waals surface area contributed by atoms with Crippen molar-refractivity contribution in [2.24, 2.45) is 5.73 Å². The van der Waals surface area contributed by atoms with Crippen LogP contribution >= 0.6 is 11.8 Å². The van der Waals surface area contributed by atoms with Gasteiger partial charge in [0.15, 0.2) is 0 Å². The van der Waals surface area contributed by atoms with E-state index in [-0.39, 0.29) is 30.1 Å². The lowest BCUT2D eigenvalue weighted by atomic mass is 9.87. The lowest BCUT2D eigenvalue weighted by Gasteiger charge is -2.19. The fraction of sp³-hybridized carbons (Fsp3) is 0.333. The van der Waals surface area contributed by atoms with Crippen LogP contribution < -0.4 is 15.8 Å². The van der Waals surface area contributed by atoms with E-state index in [2.05, 4.69) is 26.1 Å². The minimum atomic E-state index is -0.396. The Morgan fingerprint density at radius 3 is 2.37 bits per heavy atom. The summed E-state index contributed by atoms with van der Waals surface area (Å²) in [5.41, 5.74) is 7.18. The van der Waals surface area contributed by atoms with Gasteiger partial charge in [0.2, 0.25) is 11.8 Å². The van der Waals surface area contributed by atoms with Crippen LogP contribution in [0.3, 0.4) is 0 Å². The number of hydrogen-bond acceptors (Lipinski definition) is 4. The average molecular weight is 387 g/mol. The number of anilines is 1. The van der Waals surface area contributed by atoms with E-state index in [0.29, 0.717) is 5.69 Å². The number of hydrogen-bond donors (Lipinski definition) is 2. The van der Waals surface area contributed by atoms with E-state index < -0.39 is 5.91 Å². The molecule has 2 aromatic rings. The van der Waals surface area contributed by atoms with Crippen LogP contribution in [-0.4, -0.2) is 24.2 Å². The van der Waals surface area contributed by atoms with Gasteiger partial charge in [-0.15, -0.1) is 11.8 Å². The van der Waals surface area contributed by atoms with Crippen molar-refractivity contribution in [2.45, 2.75) is 37.5 Å². The van der Waals surface area contributed by atoms with Crippen molar-refractivity contribution in [3.05, 3.63) is 54.1 Å². The summed E-state index contributed by atoms with van der Waals surface area (Å²) in [6.45, 7) is 6.77. The zero-order valence-corrected chi connectivity index (χ0v) is 16.8. The molecule has 144 valence electrons. The smallest absolute Gasteiger partial charge is 0.227 e. The van der Waals surface area contributed by atoms with Gasteiger partial charge in [0.05, 0.1) is 24.5 Å². The molecule has 0 saturated carbocycles. The number of benzene rings is 2. The average Bonchev–Trinajstić information content (AvgIpc) is 2.60. The number of carbonyl (C=O) groups is 2. The van der Waals surface area contributed by atoms with Crippen molar-refractivity contribution >= 4 is 29.3 Å². The third-order valence-corrected chi connectivity index (χ3v) is 4.95. The van der Waals surface area contributed by atoms with Crippen molar-refractivity contribution in [3.63, 3.8) is 0 Å². The quantitative estimate of drug-likeness (QED) is 0.673. The number of ether oxygens (including phenoxy) is 1. The Morgan fingerprint density at radius 2 is 1.74 bits per heavy atom. The molecule has 0 aliphatic rings. The molecule has 0 fully saturated rings. The van der Waals surface area contributed by atoms with Gasteiger partial charge >= 0.3 is 0 Å². The molecule has 0 aliphatic carbocycles. The van der Waals surface area contributed by atoms with Gasteiger partial charge in [0.25, 0.3) is 0 Å². The van der Waals surface area contributed by atoms with Gasteiger partial charge in [-0.05, 0) is 35.2 Å². The van der Waals surface area contributed by atoms with Crippen LogP contribution in [0.2, 0.25) is 0 Å². The Labute approximate surface area is 164 Å². The van der Waals surface area contributed by atoms with Crippen molar-refractivity contribution in [2.75, 3.05) is 17.7 Å². The SMILES string of the molecule is CC(C)(C)c1ccc(OCCC(=O)Nc2ccccc2SCC(N)=O)cc1. The molecule has 2 amide bonds. The maximum absolute atomic E-state index is 12.2. The second kappa shape index (κ2) is 9.46. The lowest BCUT2D eigenvalue weighted by Crippen LogP contribution is -2.16. The predicted octanol–water partition coefficient (Wildman–Crippen LogP) is 3.97. The van der Waals surface area contributed by atoms with Crippen molar-refractivity contribution < 1.29 is 14.3 Å². The number of carbonyl (C=O) groups excluding carboxylic acids is 2. The minimum absolute atomic E-state index is 0.0956. The van der Waals surface area contributed by atoms with Crippen LogP contribution in [0.4, 0.5) is 5.69 Å². The first-order chi connectivity index (χ1) is 12.8. The van der Waals surface area contributed by atoms with E-state index in [4.69, 9.17) is 10.5 Å². The molecule has 0 unspecified atom stereocenters. The molecule has 0 aromatic heterocycles. The summed E-state index contributed by atoms with van der Waals surface area (Å²) in [6.07, 6.45) is 0.232. The number of nitrogens with one attached hydrogen (secondary N) is 1. The Kier molecular flexibility index (Phi) is 7.30. The molecule has 0 spiro atoms. The highest BCUT2D eigenvalue weighted by atomic mass is 32.2. The molecule has 2 rings (SSSR count). The first-order valence-corrected chi connectivity index (χ1v) is 9.77. The standard InChI is InChI=1S/C21H26N2O3S/c1-21(2,3)15-8-10-16(11-9-15)26-13-12-20(25)23-17-6-4-5-7-18(17)27-14-19(22)24/h4-11H,12-14H2,1-3H3,(H2,22,24)(H,23,25). The normalized spacial score (nSPS) is 11.1. The van der Waals surface area contributed by atoms with Crippen molar-refractivity contribution in [1.29, 1.82) is 0 Å². The molecule has 3 N–H and O–H groups in total. The maximum Gasteiger partial charge on any atom is 0.227 e. The highest BCUT2D eigenvalue weighted by Gasteiger charge is 2.13. The molecular formula is C21H26N2O3S. The second-order valence-electron chi connectivity index (χ2n) is 7.17. The predicted molar refractivity (Wildman–Crippen MR) is 110 cm³/mol. The number of amides is 2. The number of rotatable bonds is 8. The Bertz CT molecular complexity index is 783. The molecule has 6 heteroatoms. The van der Waals surface area contributed by atoms with E-state index >= 15 is 0 Å². The summed E-state index contributed by atoms with van der Waals surface area (Å²) < 4.78 is 5.66. The van der Waals surface area contributed by atoms with Crippen LogP contribution in [-0.2, 0) is 15.0 Å². The molecule has 5 nitrogen and oxygen atoms in total. The fourth-order valence-corrected chi connectivity index (χ4v) is 3.12. The van der Waals surface area contributed by atoms with Gasteiger partial charge in [0, 0.05) is 4.90 Å². The van der Waals surface area contributed by atoms with E-state index in [1.165, 1.54) is 17.3 Å². The largest absolute Gasteiger partial charge is 0.493 e. The molecule has 0 bridgehead atoms.